The summed E-state index contributed by atoms with van der Waals surface area (Å²) in [5.74, 6) is 0.675. The first-order valence-corrected chi connectivity index (χ1v) is 12.9. The second-order valence-corrected chi connectivity index (χ2v) is 10.5. The number of anilines is 1. The number of aliphatic hydroxyl groups is 1. The number of hydrogen-bond acceptors (Lipinski definition) is 5. The molecule has 0 unspecified atom stereocenters. The Bertz CT molecular complexity index is 1070. The van der Waals surface area contributed by atoms with Gasteiger partial charge in [0.05, 0.1) is 6.54 Å². The van der Waals surface area contributed by atoms with E-state index >= 15 is 0 Å². The average molecular weight is 556 g/mol. The van der Waals surface area contributed by atoms with E-state index in [2.05, 4.69) is 33.4 Å². The number of para-hydroxylation sites is 1. The van der Waals surface area contributed by atoms with Crippen LogP contribution in [0.25, 0.3) is 0 Å². The highest BCUT2D eigenvalue weighted by Crippen LogP contribution is 2.16. The molecule has 3 aromatic rings. The maximum Gasteiger partial charge on any atom is 0.410 e. The maximum absolute atomic E-state index is 12.8. The maximum atomic E-state index is 12.8. The number of amides is 1. The quantitative estimate of drug-likeness (QED) is 0.292. The Balaban J connectivity index is 1.54. The fraction of sp³-hybridized carbons (Fsp3) is 0.345. The van der Waals surface area contributed by atoms with Crippen LogP contribution >= 0.6 is 15.9 Å². The molecule has 36 heavy (non-hydrogen) atoms. The number of rotatable bonds is 11. The number of nitrogens with one attached hydrogen (secondary N) is 1. The van der Waals surface area contributed by atoms with Gasteiger partial charge in [0.1, 0.15) is 24.1 Å². The predicted molar refractivity (Wildman–Crippen MR) is 147 cm³/mol. The molecule has 0 aromatic heterocycles. The fourth-order valence-electron chi connectivity index (χ4n) is 3.46. The zero-order valence-corrected chi connectivity index (χ0v) is 22.7. The number of hydrogen-bond donors (Lipinski definition) is 2. The summed E-state index contributed by atoms with van der Waals surface area (Å²) in [6.45, 7) is 6.86. The summed E-state index contributed by atoms with van der Waals surface area (Å²) in [6, 6.07) is 25.7. The lowest BCUT2D eigenvalue weighted by Crippen LogP contribution is -2.43. The van der Waals surface area contributed by atoms with Gasteiger partial charge in [0.2, 0.25) is 0 Å². The van der Waals surface area contributed by atoms with E-state index in [0.717, 1.165) is 22.3 Å². The van der Waals surface area contributed by atoms with Gasteiger partial charge in [-0.2, -0.15) is 0 Å². The zero-order chi connectivity index (χ0) is 26.0. The van der Waals surface area contributed by atoms with Gasteiger partial charge in [-0.3, -0.25) is 0 Å². The third-order valence-corrected chi connectivity index (χ3v) is 5.83. The Kier molecular flexibility index (Phi) is 10.2. The van der Waals surface area contributed by atoms with Crippen LogP contribution in [0.3, 0.4) is 0 Å². The molecule has 192 valence electrons. The summed E-state index contributed by atoms with van der Waals surface area (Å²) in [7, 11) is 0. The average Bonchev–Trinajstić information content (AvgIpc) is 2.85. The molecule has 0 fully saturated rings. The summed E-state index contributed by atoms with van der Waals surface area (Å²) in [6.07, 6.45) is -0.657. The molecule has 3 rings (SSSR count). The van der Waals surface area contributed by atoms with E-state index < -0.39 is 17.8 Å². The van der Waals surface area contributed by atoms with Gasteiger partial charge in [0.15, 0.2) is 0 Å². The number of aliphatic hydroxyl groups excluding tert-OH is 1. The molecular formula is C29H35BrN2O4. The molecule has 0 saturated carbocycles. The lowest BCUT2D eigenvalue weighted by Gasteiger charge is -2.29. The lowest BCUT2D eigenvalue weighted by molar-refractivity contribution is 0.00945. The van der Waals surface area contributed by atoms with E-state index in [0.29, 0.717) is 18.7 Å². The Hall–Kier alpha value is -3.03. The normalized spacial score (nSPS) is 12.0. The Labute approximate surface area is 222 Å². The van der Waals surface area contributed by atoms with Gasteiger partial charge in [0, 0.05) is 23.2 Å². The third kappa shape index (κ3) is 9.91. The summed E-state index contributed by atoms with van der Waals surface area (Å²) in [5, 5.41) is 14.0. The van der Waals surface area contributed by atoms with E-state index in [9.17, 15) is 9.90 Å². The number of ether oxygens (including phenoxy) is 2. The van der Waals surface area contributed by atoms with Crippen LogP contribution in [0.4, 0.5) is 10.5 Å². The first-order valence-electron chi connectivity index (χ1n) is 12.1. The molecule has 2 N–H and O–H groups in total. The largest absolute Gasteiger partial charge is 0.491 e. The minimum Gasteiger partial charge on any atom is -0.491 e. The van der Waals surface area contributed by atoms with E-state index in [1.165, 1.54) is 5.56 Å². The van der Waals surface area contributed by atoms with E-state index in [1.54, 1.807) is 4.90 Å². The topological polar surface area (TPSA) is 71.0 Å². The standard InChI is InChI=1S/C29H35BrN2O4/c1-29(2,3)36-28(34)32(20-26(33)21-35-27-7-5-4-6-8-27)18-17-22-11-15-25(16-12-22)31-19-23-9-13-24(30)14-10-23/h4-16,26,31,33H,17-21H2,1-3H3/t26-/m0/s1. The number of nitrogens with zero attached hydrogens (tertiary/aromatic N) is 1. The molecular weight excluding hydrogens is 520 g/mol. The Morgan fingerprint density at radius 3 is 2.25 bits per heavy atom. The predicted octanol–water partition coefficient (Wildman–Crippen LogP) is 6.28. The van der Waals surface area contributed by atoms with Crippen LogP contribution in [0.5, 0.6) is 5.75 Å². The van der Waals surface area contributed by atoms with Gasteiger partial charge in [-0.1, -0.05) is 58.4 Å². The Morgan fingerprint density at radius 2 is 1.61 bits per heavy atom. The van der Waals surface area contributed by atoms with Gasteiger partial charge in [-0.05, 0) is 74.7 Å². The molecule has 1 amide bonds. The molecule has 0 saturated heterocycles. The summed E-state index contributed by atoms with van der Waals surface area (Å²) < 4.78 is 12.3. The lowest BCUT2D eigenvalue weighted by atomic mass is 10.1. The number of carbonyl (C=O) groups is 1. The van der Waals surface area contributed by atoms with Gasteiger partial charge in [-0.25, -0.2) is 4.79 Å². The summed E-state index contributed by atoms with van der Waals surface area (Å²) >= 11 is 3.45. The monoisotopic (exact) mass is 554 g/mol. The van der Waals surface area contributed by atoms with Crippen molar-refractivity contribution in [3.8, 4) is 5.75 Å². The molecule has 6 nitrogen and oxygen atoms in total. The van der Waals surface area contributed by atoms with Gasteiger partial charge in [0.25, 0.3) is 0 Å². The van der Waals surface area contributed by atoms with Crippen molar-refractivity contribution < 1.29 is 19.4 Å². The van der Waals surface area contributed by atoms with Crippen LogP contribution < -0.4 is 10.1 Å². The summed E-state index contributed by atoms with van der Waals surface area (Å²) in [4.78, 5) is 14.4. The van der Waals surface area contributed by atoms with Crippen LogP contribution in [0, 0.1) is 0 Å². The molecule has 1 atom stereocenters. The third-order valence-electron chi connectivity index (χ3n) is 5.30. The van der Waals surface area contributed by atoms with Crippen LogP contribution in [-0.4, -0.2) is 47.5 Å². The van der Waals surface area contributed by atoms with Crippen molar-refractivity contribution in [2.45, 2.75) is 45.4 Å². The molecule has 0 aliphatic carbocycles. The van der Waals surface area contributed by atoms with Crippen LogP contribution in [-0.2, 0) is 17.7 Å². The molecule has 7 heteroatoms. The molecule has 0 spiro atoms. The Morgan fingerprint density at radius 1 is 0.972 bits per heavy atom. The first-order chi connectivity index (χ1) is 17.2. The molecule has 0 bridgehead atoms. The van der Waals surface area contributed by atoms with Crippen molar-refractivity contribution >= 4 is 27.7 Å². The summed E-state index contributed by atoms with van der Waals surface area (Å²) in [5.41, 5.74) is 2.69. The van der Waals surface area contributed by atoms with E-state index in [1.807, 2.05) is 87.5 Å². The molecule has 0 heterocycles. The number of carbonyl (C=O) groups excluding carboxylic acids is 1. The molecule has 0 radical (unpaired) electrons. The van der Waals surface area contributed by atoms with Crippen molar-refractivity contribution in [1.29, 1.82) is 0 Å². The van der Waals surface area contributed by atoms with Crippen molar-refractivity contribution in [1.82, 2.24) is 4.90 Å². The SMILES string of the molecule is CC(C)(C)OC(=O)N(CCc1ccc(NCc2ccc(Br)cc2)cc1)C[C@H](O)COc1ccccc1. The second-order valence-electron chi connectivity index (χ2n) is 9.63. The van der Waals surface area contributed by atoms with E-state index in [4.69, 9.17) is 9.47 Å². The van der Waals surface area contributed by atoms with Crippen LogP contribution in [0.2, 0.25) is 0 Å². The number of halogens is 1. The van der Waals surface area contributed by atoms with Crippen LogP contribution in [0.1, 0.15) is 31.9 Å². The molecule has 0 aliphatic heterocycles. The minimum atomic E-state index is -0.845. The highest BCUT2D eigenvalue weighted by atomic mass is 79.9. The zero-order valence-electron chi connectivity index (χ0n) is 21.1. The van der Waals surface area contributed by atoms with Crippen molar-refractivity contribution in [3.05, 3.63) is 94.5 Å². The van der Waals surface area contributed by atoms with Crippen molar-refractivity contribution in [3.63, 3.8) is 0 Å². The van der Waals surface area contributed by atoms with Gasteiger partial charge < -0.3 is 24.8 Å². The fourth-order valence-corrected chi connectivity index (χ4v) is 3.72. The second kappa shape index (κ2) is 13.3. The van der Waals surface area contributed by atoms with E-state index in [-0.39, 0.29) is 13.2 Å². The molecule has 3 aromatic carbocycles. The minimum absolute atomic E-state index is 0.0854. The van der Waals surface area contributed by atoms with Gasteiger partial charge >= 0.3 is 6.09 Å². The van der Waals surface area contributed by atoms with Gasteiger partial charge in [-0.15, -0.1) is 0 Å². The number of benzene rings is 3. The first kappa shape index (κ1) is 27.6. The van der Waals surface area contributed by atoms with Crippen molar-refractivity contribution in [2.75, 3.05) is 25.0 Å². The van der Waals surface area contributed by atoms with Crippen molar-refractivity contribution in [2.24, 2.45) is 0 Å². The highest BCUT2D eigenvalue weighted by molar-refractivity contribution is 9.10. The molecule has 0 aliphatic rings. The van der Waals surface area contributed by atoms with Crippen LogP contribution in [0.15, 0.2) is 83.3 Å². The highest BCUT2D eigenvalue weighted by Gasteiger charge is 2.24. The smallest absolute Gasteiger partial charge is 0.410 e.